The van der Waals surface area contributed by atoms with Gasteiger partial charge in [0.05, 0.1) is 43.5 Å². The summed E-state index contributed by atoms with van der Waals surface area (Å²) >= 11 is 6.28. The van der Waals surface area contributed by atoms with Crippen molar-refractivity contribution in [3.05, 3.63) is 68.2 Å². The number of nitrogens with zero attached hydrogens (tertiary/aromatic N) is 2. The first-order valence-electron chi connectivity index (χ1n) is 11.9. The Morgan fingerprint density at radius 2 is 1.89 bits per heavy atom. The predicted octanol–water partition coefficient (Wildman–Crippen LogP) is 4.73. The summed E-state index contributed by atoms with van der Waals surface area (Å²) in [6.07, 6.45) is 2.00. The van der Waals surface area contributed by atoms with Gasteiger partial charge in [0.15, 0.2) is 5.43 Å². The van der Waals surface area contributed by atoms with Gasteiger partial charge in [-0.2, -0.15) is 0 Å². The minimum Gasteiger partial charge on any atom is -0.496 e. The van der Waals surface area contributed by atoms with E-state index < -0.39 is 5.82 Å². The molecular weight excluding hydrogens is 471 g/mol. The number of aromatic nitrogens is 1. The fourth-order valence-electron chi connectivity index (χ4n) is 4.75. The number of pyridine rings is 1. The highest BCUT2D eigenvalue weighted by Crippen LogP contribution is 2.33. The zero-order chi connectivity index (χ0) is 25.3. The molecular formula is C27H32ClFN2O4. The van der Waals surface area contributed by atoms with Crippen molar-refractivity contribution >= 4 is 28.2 Å². The van der Waals surface area contributed by atoms with Crippen molar-refractivity contribution in [1.82, 2.24) is 4.57 Å². The number of halogens is 2. The lowest BCUT2D eigenvalue weighted by molar-refractivity contribution is 0.122. The number of ether oxygens (including phenoxy) is 2. The monoisotopic (exact) mass is 502 g/mol. The van der Waals surface area contributed by atoms with Crippen LogP contribution in [-0.2, 0) is 11.2 Å². The average molecular weight is 503 g/mol. The van der Waals surface area contributed by atoms with Crippen LogP contribution in [0.2, 0.25) is 5.02 Å². The molecule has 3 aromatic rings. The molecule has 1 aliphatic rings. The number of hydrogen-bond donors (Lipinski definition) is 1. The first-order chi connectivity index (χ1) is 16.7. The van der Waals surface area contributed by atoms with Crippen LogP contribution in [0, 0.1) is 18.7 Å². The first-order valence-corrected chi connectivity index (χ1v) is 12.3. The standard InChI is InChI=1S/C27H32ClFN2O4/c1-16(2)24(15-32)31-14-17(3)27(33)21-11-18(25(34-4)13-23(21)31)9-19-10-20(12-22(28)26(19)29)30-5-7-35-8-6-30/h10-14,16,24,32H,5-9,15H2,1-4H3/t24-/m1/s1. The van der Waals surface area contributed by atoms with Gasteiger partial charge in [-0.05, 0) is 42.2 Å². The average Bonchev–Trinajstić information content (AvgIpc) is 2.85. The molecule has 6 nitrogen and oxygen atoms in total. The molecule has 0 bridgehead atoms. The topological polar surface area (TPSA) is 63.9 Å². The van der Waals surface area contributed by atoms with E-state index in [9.17, 15) is 9.90 Å². The number of fused-ring (bicyclic) bond motifs is 1. The fourth-order valence-corrected chi connectivity index (χ4v) is 4.98. The van der Waals surface area contributed by atoms with E-state index in [4.69, 9.17) is 21.1 Å². The molecule has 1 aliphatic heterocycles. The number of benzene rings is 2. The van der Waals surface area contributed by atoms with Crippen molar-refractivity contribution in [2.24, 2.45) is 5.92 Å². The number of methoxy groups -OCH3 is 1. The van der Waals surface area contributed by atoms with Crippen molar-refractivity contribution in [3.63, 3.8) is 0 Å². The van der Waals surface area contributed by atoms with Crippen molar-refractivity contribution in [3.8, 4) is 5.75 Å². The summed E-state index contributed by atoms with van der Waals surface area (Å²) in [6, 6.07) is 6.84. The van der Waals surface area contributed by atoms with Gasteiger partial charge in [0.1, 0.15) is 11.6 Å². The van der Waals surface area contributed by atoms with E-state index in [-0.39, 0.29) is 35.4 Å². The van der Waals surface area contributed by atoms with Crippen LogP contribution in [0.4, 0.5) is 10.1 Å². The van der Waals surface area contributed by atoms with Crippen LogP contribution in [0.15, 0.2) is 35.3 Å². The molecule has 0 amide bonds. The number of aryl methyl sites for hydroxylation is 1. The second-order valence-corrected chi connectivity index (χ2v) is 9.81. The quantitative estimate of drug-likeness (QED) is 0.506. The van der Waals surface area contributed by atoms with Crippen LogP contribution < -0.4 is 15.1 Å². The zero-order valence-electron chi connectivity index (χ0n) is 20.6. The fraction of sp³-hybridized carbons (Fsp3) is 0.444. The molecule has 35 heavy (non-hydrogen) atoms. The van der Waals surface area contributed by atoms with Gasteiger partial charge in [-0.1, -0.05) is 25.4 Å². The van der Waals surface area contributed by atoms with Crippen molar-refractivity contribution in [1.29, 1.82) is 0 Å². The highest BCUT2D eigenvalue weighted by molar-refractivity contribution is 6.31. The predicted molar refractivity (Wildman–Crippen MR) is 138 cm³/mol. The molecule has 0 saturated carbocycles. The summed E-state index contributed by atoms with van der Waals surface area (Å²) in [7, 11) is 1.56. The number of hydrogen-bond acceptors (Lipinski definition) is 5. The first kappa shape index (κ1) is 25.5. The molecule has 0 unspecified atom stereocenters. The highest BCUT2D eigenvalue weighted by Gasteiger charge is 2.21. The third-order valence-electron chi connectivity index (χ3n) is 6.77. The van der Waals surface area contributed by atoms with Crippen LogP contribution in [0.3, 0.4) is 0 Å². The molecule has 2 aromatic carbocycles. The Hall–Kier alpha value is -2.61. The van der Waals surface area contributed by atoms with Gasteiger partial charge in [-0.25, -0.2) is 4.39 Å². The minimum absolute atomic E-state index is 0.0583. The minimum atomic E-state index is -0.479. The molecule has 8 heteroatoms. The molecule has 1 atom stereocenters. The Bertz CT molecular complexity index is 1280. The van der Waals surface area contributed by atoms with Gasteiger partial charge in [0.25, 0.3) is 0 Å². The maximum Gasteiger partial charge on any atom is 0.192 e. The second-order valence-electron chi connectivity index (χ2n) is 9.40. The summed E-state index contributed by atoms with van der Waals surface area (Å²) in [5.41, 5.74) is 3.12. The zero-order valence-corrected chi connectivity index (χ0v) is 21.4. The molecule has 0 spiro atoms. The van der Waals surface area contributed by atoms with Crippen LogP contribution in [-0.4, -0.2) is 49.7 Å². The summed E-state index contributed by atoms with van der Waals surface area (Å²) in [5.74, 6) is 0.213. The number of anilines is 1. The van der Waals surface area contributed by atoms with E-state index in [1.165, 1.54) is 0 Å². The second kappa shape index (κ2) is 10.6. The summed E-state index contributed by atoms with van der Waals surface area (Å²) in [5, 5.41) is 10.6. The molecule has 1 aromatic heterocycles. The SMILES string of the molecule is COc1cc2c(cc1Cc1cc(N3CCOCC3)cc(Cl)c1F)c(=O)c(C)cn2[C@H](CO)C(C)C. The van der Waals surface area contributed by atoms with Crippen LogP contribution in [0.25, 0.3) is 10.9 Å². The molecule has 1 fully saturated rings. The Kier molecular flexibility index (Phi) is 7.69. The molecule has 4 rings (SSSR count). The maximum atomic E-state index is 15.1. The van der Waals surface area contributed by atoms with Crippen LogP contribution >= 0.6 is 11.6 Å². The molecule has 1 saturated heterocycles. The van der Waals surface area contributed by atoms with Gasteiger partial charge in [0.2, 0.25) is 0 Å². The van der Waals surface area contributed by atoms with E-state index in [1.54, 1.807) is 32.4 Å². The van der Waals surface area contributed by atoms with Crippen molar-refractivity contribution in [2.45, 2.75) is 33.2 Å². The maximum absolute atomic E-state index is 15.1. The number of morpholine rings is 1. The Morgan fingerprint density at radius 1 is 1.17 bits per heavy atom. The molecule has 188 valence electrons. The molecule has 1 N–H and O–H groups in total. The number of rotatable bonds is 7. The van der Waals surface area contributed by atoms with E-state index in [2.05, 4.69) is 4.90 Å². The smallest absolute Gasteiger partial charge is 0.192 e. The number of aliphatic hydroxyl groups excluding tert-OH is 1. The summed E-state index contributed by atoms with van der Waals surface area (Å²) < 4.78 is 28.2. The lowest BCUT2D eigenvalue weighted by Gasteiger charge is -2.29. The Morgan fingerprint density at radius 3 is 2.51 bits per heavy atom. The van der Waals surface area contributed by atoms with Gasteiger partial charge >= 0.3 is 0 Å². The molecule has 2 heterocycles. The summed E-state index contributed by atoms with van der Waals surface area (Å²) in [6.45, 7) is 8.40. The van der Waals surface area contributed by atoms with Crippen molar-refractivity contribution < 1.29 is 19.0 Å². The molecule has 0 radical (unpaired) electrons. The summed E-state index contributed by atoms with van der Waals surface area (Å²) in [4.78, 5) is 15.2. The lowest BCUT2D eigenvalue weighted by atomic mass is 9.98. The normalized spacial score (nSPS) is 15.1. The Balaban J connectivity index is 1.84. The van der Waals surface area contributed by atoms with Gasteiger partial charge in [-0.15, -0.1) is 0 Å². The molecule has 0 aliphatic carbocycles. The van der Waals surface area contributed by atoms with Gasteiger partial charge in [-0.3, -0.25) is 4.79 Å². The van der Waals surface area contributed by atoms with Gasteiger partial charge < -0.3 is 24.0 Å². The lowest BCUT2D eigenvalue weighted by Crippen LogP contribution is -2.36. The van der Waals surface area contributed by atoms with E-state index in [0.717, 1.165) is 5.69 Å². The van der Waals surface area contributed by atoms with E-state index in [0.29, 0.717) is 59.6 Å². The van der Waals surface area contributed by atoms with Crippen LogP contribution in [0.5, 0.6) is 5.75 Å². The number of aliphatic hydroxyl groups is 1. The van der Waals surface area contributed by atoms with Crippen LogP contribution in [0.1, 0.15) is 36.6 Å². The third-order valence-corrected chi connectivity index (χ3v) is 7.05. The Labute approximate surface area is 209 Å². The van der Waals surface area contributed by atoms with E-state index >= 15 is 4.39 Å². The van der Waals surface area contributed by atoms with Crippen molar-refractivity contribution in [2.75, 3.05) is 44.9 Å². The highest BCUT2D eigenvalue weighted by atomic mass is 35.5. The third kappa shape index (κ3) is 5.03. The largest absolute Gasteiger partial charge is 0.496 e. The van der Waals surface area contributed by atoms with E-state index in [1.807, 2.05) is 30.5 Å². The van der Waals surface area contributed by atoms with Gasteiger partial charge in [0, 0.05) is 48.4 Å².